The molecule has 2 unspecified atom stereocenters. The summed E-state index contributed by atoms with van der Waals surface area (Å²) >= 11 is 0. The van der Waals surface area contributed by atoms with E-state index in [0.717, 1.165) is 71.1 Å². The first-order chi connectivity index (χ1) is 45.6. The Morgan fingerprint density at radius 1 is 0.361 bits per heavy atom. The van der Waals surface area contributed by atoms with Crippen LogP contribution in [0.1, 0.15) is 102 Å². The van der Waals surface area contributed by atoms with Crippen LogP contribution >= 0.6 is 0 Å². The fourth-order valence-electron chi connectivity index (χ4n) is 12.3. The minimum absolute atomic E-state index is 0.113. The maximum atomic E-state index is 7.82. The van der Waals surface area contributed by atoms with Gasteiger partial charge in [0.2, 0.25) is 0 Å². The second-order valence-electron chi connectivity index (χ2n) is 32.4. The van der Waals surface area contributed by atoms with E-state index in [1.807, 2.05) is 0 Å². The third kappa shape index (κ3) is 26.2. The molecule has 2 fully saturated rings. The van der Waals surface area contributed by atoms with Gasteiger partial charge in [-0.05, 0) is 158 Å². The van der Waals surface area contributed by atoms with Crippen molar-refractivity contribution >= 4 is 97.7 Å². The Labute approximate surface area is 598 Å². The van der Waals surface area contributed by atoms with E-state index < -0.39 is 66.5 Å². The van der Waals surface area contributed by atoms with Gasteiger partial charge >= 0.3 is 17.1 Å². The first-order valence-corrected chi connectivity index (χ1v) is 60.2. The van der Waals surface area contributed by atoms with Crippen LogP contribution in [0.2, 0.25) is 117 Å². The summed E-state index contributed by atoms with van der Waals surface area (Å²) in [6, 6.07) is 67.8. The molecule has 2 heterocycles. The molecule has 530 valence electrons. The molecule has 0 spiro atoms. The van der Waals surface area contributed by atoms with Crippen molar-refractivity contribution in [3.63, 3.8) is 0 Å². The van der Waals surface area contributed by atoms with Crippen molar-refractivity contribution in [2.75, 3.05) is 26.4 Å². The fraction of sp³-hybridized carbons (Fsp3) is 0.481. The summed E-state index contributed by atoms with van der Waals surface area (Å²) in [5.74, 6) is 2.02. The van der Waals surface area contributed by atoms with Gasteiger partial charge in [-0.25, -0.2) is 0 Å². The van der Waals surface area contributed by atoms with Crippen molar-refractivity contribution in [3.8, 4) is 11.5 Å². The Bertz CT molecular complexity index is 3110. The van der Waals surface area contributed by atoms with E-state index in [4.69, 9.17) is 35.4 Å². The normalized spacial score (nSPS) is 15.2. The number of rotatable bonds is 32. The van der Waals surface area contributed by atoms with Gasteiger partial charge in [-0.1, -0.05) is 287 Å². The zero-order valence-electron chi connectivity index (χ0n) is 64.1. The topological polar surface area (TPSA) is 80.4 Å². The van der Waals surface area contributed by atoms with Gasteiger partial charge in [0.05, 0.1) is 29.4 Å². The van der Waals surface area contributed by atoms with E-state index in [0.29, 0.717) is 13.2 Å². The Balaban J connectivity index is 0.000000225. The van der Waals surface area contributed by atoms with Crippen LogP contribution in [0.15, 0.2) is 182 Å². The van der Waals surface area contributed by atoms with E-state index in [1.165, 1.54) is 60.0 Å². The maximum absolute atomic E-state index is 7.82. The Kier molecular flexibility index (Phi) is 30.7. The molecule has 97 heavy (non-hydrogen) atoms. The maximum Gasteiger partial charge on any atom is 0.388 e. The molecule has 7 aromatic carbocycles. The summed E-state index contributed by atoms with van der Waals surface area (Å²) in [4.78, 5) is 0. The zero-order valence-corrected chi connectivity index (χ0v) is 72.1. The highest BCUT2D eigenvalue weighted by atomic mass is 28.5. The number of benzene rings is 7. The standard InChI is InChI=1S/C30H38O3Si4.C29H40O4.C12H22Si2.C10H26OSi2/c1-34(2,3)31-36(27-19-11-7-12-20-27,28-21-13-8-14-22-28)33-37(32-35(4,5)6,29-23-15-9-16-24-29)30-25-17-10-18-26-30;1-5-7-9-21-15-23(11-13-27(21)32-19-25-17-30-25)29(3,4)24-12-14-28(33-20-26-18-31-26)22(16-24)10-8-6-2;1-13(2,3)11-7-9-12(10-8-11)14(4,5)6;1-7-9-12(3,4)11-13(5,6)10-8-2/h7-26H,1-6H3;11-16,25-26H,5-10,17-20H2,1-4H3;7-10H,1-6H3;7-10H2,1-6H3. The first-order valence-electron chi connectivity index (χ1n) is 36.5. The summed E-state index contributed by atoms with van der Waals surface area (Å²) in [5.41, 5.74) is 5.14. The molecule has 9 rings (SSSR count). The van der Waals surface area contributed by atoms with Gasteiger partial charge in [-0.2, -0.15) is 0 Å². The van der Waals surface area contributed by atoms with E-state index in [1.54, 1.807) is 10.4 Å². The minimum Gasteiger partial charge on any atom is -0.491 e. The second kappa shape index (κ2) is 36.5. The summed E-state index contributed by atoms with van der Waals surface area (Å²) in [6.07, 6.45) is 9.85. The molecular weight excluding hydrogens is 1330 g/mol. The monoisotopic (exact) mass is 1450 g/mol. The van der Waals surface area contributed by atoms with Crippen LogP contribution in [0.5, 0.6) is 11.5 Å². The Hall–Kier alpha value is -4.36. The van der Waals surface area contributed by atoms with Crippen LogP contribution < -0.4 is 40.6 Å². The molecule has 2 atom stereocenters. The van der Waals surface area contributed by atoms with E-state index in [9.17, 15) is 0 Å². The number of hydrogen-bond donors (Lipinski definition) is 0. The highest BCUT2D eigenvalue weighted by Crippen LogP contribution is 2.38. The third-order valence-electron chi connectivity index (χ3n) is 17.5. The molecular formula is C81H126O8Si8. The molecule has 7 aromatic rings. The lowest BCUT2D eigenvalue weighted by molar-refractivity contribution is 0.260. The number of hydrogen-bond acceptors (Lipinski definition) is 8. The molecule has 2 aliphatic heterocycles. The van der Waals surface area contributed by atoms with Crippen molar-refractivity contribution in [1.82, 2.24) is 0 Å². The van der Waals surface area contributed by atoms with Crippen LogP contribution in [0.4, 0.5) is 0 Å². The molecule has 0 saturated carbocycles. The van der Waals surface area contributed by atoms with Gasteiger partial charge in [-0.3, -0.25) is 0 Å². The predicted octanol–water partition coefficient (Wildman–Crippen LogP) is 18.5. The number of aryl methyl sites for hydroxylation is 2. The minimum atomic E-state index is -3.26. The molecule has 0 aliphatic carbocycles. The van der Waals surface area contributed by atoms with Crippen LogP contribution in [0.3, 0.4) is 0 Å². The largest absolute Gasteiger partial charge is 0.491 e. The molecule has 2 saturated heterocycles. The van der Waals surface area contributed by atoms with Gasteiger partial charge in [-0.15, -0.1) is 0 Å². The highest BCUT2D eigenvalue weighted by Gasteiger charge is 2.57. The molecule has 0 bridgehead atoms. The van der Waals surface area contributed by atoms with Crippen molar-refractivity contribution in [1.29, 1.82) is 0 Å². The number of epoxide rings is 2. The summed E-state index contributed by atoms with van der Waals surface area (Å²) < 4.78 is 51.8. The number of unbranched alkanes of at least 4 members (excludes halogenated alkanes) is 2. The zero-order chi connectivity index (χ0) is 71.4. The summed E-state index contributed by atoms with van der Waals surface area (Å²) in [7, 11) is -15.6. The molecule has 0 aromatic heterocycles. The molecule has 0 amide bonds. The molecule has 0 radical (unpaired) electrons. The lowest BCUT2D eigenvalue weighted by atomic mass is 9.76. The van der Waals surface area contributed by atoms with Gasteiger partial charge in [0.15, 0.2) is 33.3 Å². The SMILES string of the molecule is CCCCc1cc(C(C)(C)c2ccc(OCC3CO3)c(CCCC)c2)ccc1OCC1CO1.CCC[Si](C)(C)O[Si](C)(C)CCC.C[Si](C)(C)O[Si](O[Si](O[Si](C)(C)C)(c1ccccc1)c1ccccc1)(c1ccccc1)c1ccccc1.C[Si](C)(C)c1ccc([Si](C)(C)C)cc1. The highest BCUT2D eigenvalue weighted by molar-refractivity contribution is 7.08. The van der Waals surface area contributed by atoms with Gasteiger partial charge in [0.25, 0.3) is 0 Å². The average molecular weight is 1450 g/mol. The number of ether oxygens (including phenoxy) is 4. The summed E-state index contributed by atoms with van der Waals surface area (Å²) in [5, 5.41) is 7.55. The van der Waals surface area contributed by atoms with Crippen molar-refractivity contribution in [2.45, 2.75) is 227 Å². The van der Waals surface area contributed by atoms with Crippen LogP contribution in [0, 0.1) is 0 Å². The molecule has 0 N–H and O–H groups in total. The van der Waals surface area contributed by atoms with Crippen LogP contribution in [0.25, 0.3) is 0 Å². The van der Waals surface area contributed by atoms with Crippen LogP contribution in [-0.2, 0) is 44.2 Å². The Morgan fingerprint density at radius 3 is 0.907 bits per heavy atom. The van der Waals surface area contributed by atoms with Gasteiger partial charge < -0.3 is 35.4 Å². The lowest BCUT2D eigenvalue weighted by Crippen LogP contribution is -2.77. The third-order valence-corrected chi connectivity index (χ3v) is 43.3. The van der Waals surface area contributed by atoms with Crippen molar-refractivity contribution in [2.24, 2.45) is 0 Å². The lowest BCUT2D eigenvalue weighted by Gasteiger charge is -2.46. The second-order valence-corrected chi connectivity index (χ2v) is 67.1. The first kappa shape index (κ1) is 81.6. The smallest absolute Gasteiger partial charge is 0.388 e. The van der Waals surface area contributed by atoms with E-state index >= 15 is 0 Å². The van der Waals surface area contributed by atoms with Crippen LogP contribution in [-0.4, -0.2) is 105 Å². The van der Waals surface area contributed by atoms with Gasteiger partial charge in [0, 0.05) is 5.41 Å². The predicted molar refractivity (Wildman–Crippen MR) is 437 cm³/mol. The molecule has 2 aliphatic rings. The van der Waals surface area contributed by atoms with Crippen molar-refractivity contribution < 1.29 is 35.4 Å². The molecule has 8 nitrogen and oxygen atoms in total. The van der Waals surface area contributed by atoms with E-state index in [-0.39, 0.29) is 17.6 Å². The molecule has 16 heteroatoms. The van der Waals surface area contributed by atoms with Crippen molar-refractivity contribution in [3.05, 3.63) is 204 Å². The Morgan fingerprint density at radius 2 is 0.660 bits per heavy atom. The fourth-order valence-corrected chi connectivity index (χ4v) is 40.4. The average Bonchev–Trinajstić information content (AvgIpc) is 1.62. The quantitative estimate of drug-likeness (QED) is 0.0305. The summed E-state index contributed by atoms with van der Waals surface area (Å²) in [6.45, 7) is 53.9. The van der Waals surface area contributed by atoms with E-state index in [2.05, 4.69) is 328 Å². The van der Waals surface area contributed by atoms with Gasteiger partial charge in [0.1, 0.15) is 36.9 Å².